The molecule has 2 heterocycles. The molecule has 7 nitrogen and oxygen atoms in total. The first kappa shape index (κ1) is 18.6. The van der Waals surface area contributed by atoms with Crippen molar-refractivity contribution in [2.45, 2.75) is 39.2 Å². The predicted molar refractivity (Wildman–Crippen MR) is 109 cm³/mol. The highest BCUT2D eigenvalue weighted by Gasteiger charge is 2.26. The van der Waals surface area contributed by atoms with Gasteiger partial charge in [-0.1, -0.05) is 24.3 Å². The molecule has 0 saturated heterocycles. The average Bonchev–Trinajstić information content (AvgIpc) is 3.06. The number of anilines is 1. The van der Waals surface area contributed by atoms with Crippen molar-refractivity contribution in [2.75, 3.05) is 12.4 Å². The van der Waals surface area contributed by atoms with Gasteiger partial charge >= 0.3 is 0 Å². The molecule has 1 aromatic carbocycles. The minimum atomic E-state index is -0.799. The number of amides is 1. The Bertz CT molecular complexity index is 1100. The maximum atomic E-state index is 13.1. The number of hydrogen-bond acceptors (Lipinski definition) is 6. The molecule has 0 fully saturated rings. The third kappa shape index (κ3) is 3.17. The third-order valence-corrected chi connectivity index (χ3v) is 6.40. The van der Waals surface area contributed by atoms with Crippen molar-refractivity contribution < 1.29 is 9.53 Å². The van der Waals surface area contributed by atoms with Crippen LogP contribution in [0.5, 0.6) is 5.75 Å². The molecule has 1 N–H and O–H groups in total. The number of para-hydroxylation sites is 2. The zero-order valence-electron chi connectivity index (χ0n) is 16.1. The van der Waals surface area contributed by atoms with E-state index < -0.39 is 6.04 Å². The summed E-state index contributed by atoms with van der Waals surface area (Å²) in [6.45, 7) is 3.87. The van der Waals surface area contributed by atoms with Gasteiger partial charge in [0.25, 0.3) is 5.56 Å². The molecule has 0 spiro atoms. The Morgan fingerprint density at radius 2 is 2.18 bits per heavy atom. The topological polar surface area (TPSA) is 86.1 Å². The molecule has 1 aliphatic rings. The minimum absolute atomic E-state index is 0.250. The number of fused-ring (bicyclic) bond motifs is 3. The first-order chi connectivity index (χ1) is 13.5. The van der Waals surface area contributed by atoms with Crippen LogP contribution in [0.3, 0.4) is 0 Å². The van der Waals surface area contributed by atoms with E-state index in [0.717, 1.165) is 24.8 Å². The van der Waals surface area contributed by atoms with Crippen molar-refractivity contribution in [3.05, 3.63) is 45.1 Å². The number of ether oxygens (including phenoxy) is 1. The Morgan fingerprint density at radius 3 is 2.96 bits per heavy atom. The quantitative estimate of drug-likeness (QED) is 0.729. The Kier molecular flexibility index (Phi) is 4.89. The summed E-state index contributed by atoms with van der Waals surface area (Å²) >= 11 is 1.55. The standard InChI is InChI=1S/C20H22N4O3S/c1-11-8-9-13-16(10-11)28-19-17(13)20(26)24(23-22-19)12(2)18(25)21-14-6-4-5-7-15(14)27-3/h4-7,11-12H,8-10H2,1-3H3,(H,21,25)/t11-,12+/m1/s1. The van der Waals surface area contributed by atoms with E-state index in [1.807, 2.05) is 6.07 Å². The molecule has 1 aliphatic carbocycles. The SMILES string of the molecule is COc1ccccc1NC(=O)[C@H](C)n1nnc2sc3c(c2c1=O)CC[C@@H](C)C3. The summed E-state index contributed by atoms with van der Waals surface area (Å²) in [6, 6.07) is 6.34. The maximum Gasteiger partial charge on any atom is 0.279 e. The van der Waals surface area contributed by atoms with Gasteiger partial charge in [-0.05, 0) is 49.8 Å². The van der Waals surface area contributed by atoms with Gasteiger partial charge in [0.15, 0.2) is 4.83 Å². The summed E-state index contributed by atoms with van der Waals surface area (Å²) < 4.78 is 6.44. The molecule has 2 atom stereocenters. The van der Waals surface area contributed by atoms with Gasteiger partial charge in [-0.3, -0.25) is 9.59 Å². The summed E-state index contributed by atoms with van der Waals surface area (Å²) in [5, 5.41) is 11.7. The molecule has 4 rings (SSSR count). The lowest BCUT2D eigenvalue weighted by molar-refractivity contribution is -0.119. The van der Waals surface area contributed by atoms with Crippen LogP contribution in [0.25, 0.3) is 10.2 Å². The summed E-state index contributed by atoms with van der Waals surface area (Å²) in [6.07, 6.45) is 2.91. The average molecular weight is 398 g/mol. The van der Waals surface area contributed by atoms with Crippen LogP contribution in [0.4, 0.5) is 5.69 Å². The molecule has 0 unspecified atom stereocenters. The number of rotatable bonds is 4. The van der Waals surface area contributed by atoms with Gasteiger partial charge in [-0.15, -0.1) is 16.4 Å². The van der Waals surface area contributed by atoms with E-state index in [-0.39, 0.29) is 11.5 Å². The zero-order valence-corrected chi connectivity index (χ0v) is 16.9. The van der Waals surface area contributed by atoms with Crippen LogP contribution in [0.15, 0.2) is 29.1 Å². The molecule has 146 valence electrons. The second kappa shape index (κ2) is 7.35. The minimum Gasteiger partial charge on any atom is -0.495 e. The normalized spacial score (nSPS) is 17.2. The van der Waals surface area contributed by atoms with Crippen molar-refractivity contribution in [1.82, 2.24) is 15.0 Å². The van der Waals surface area contributed by atoms with Crippen molar-refractivity contribution in [3.8, 4) is 5.75 Å². The maximum absolute atomic E-state index is 13.1. The number of nitrogens with zero attached hydrogens (tertiary/aromatic N) is 3. The number of benzene rings is 1. The zero-order chi connectivity index (χ0) is 19.8. The van der Waals surface area contributed by atoms with Gasteiger partial charge < -0.3 is 10.1 Å². The van der Waals surface area contributed by atoms with Crippen molar-refractivity contribution in [1.29, 1.82) is 0 Å². The van der Waals surface area contributed by atoms with Crippen molar-refractivity contribution in [3.63, 3.8) is 0 Å². The predicted octanol–water partition coefficient (Wildman–Crippen LogP) is 3.19. The number of carbonyl (C=O) groups is 1. The first-order valence-corrected chi connectivity index (χ1v) is 10.1. The van der Waals surface area contributed by atoms with E-state index in [1.54, 1.807) is 43.6 Å². The largest absolute Gasteiger partial charge is 0.495 e. The van der Waals surface area contributed by atoms with Gasteiger partial charge in [0.05, 0.1) is 18.2 Å². The fraction of sp³-hybridized carbons (Fsp3) is 0.400. The molecule has 0 bridgehead atoms. The summed E-state index contributed by atoms with van der Waals surface area (Å²) in [5.74, 6) is 0.817. The third-order valence-electron chi connectivity index (χ3n) is 5.26. The van der Waals surface area contributed by atoms with Gasteiger partial charge in [-0.25, -0.2) is 0 Å². The van der Waals surface area contributed by atoms with Crippen LogP contribution in [0.1, 0.15) is 36.8 Å². The molecule has 0 radical (unpaired) electrons. The lowest BCUT2D eigenvalue weighted by atomic mass is 9.89. The van der Waals surface area contributed by atoms with Crippen molar-refractivity contribution in [2.24, 2.45) is 5.92 Å². The second-order valence-electron chi connectivity index (χ2n) is 7.24. The highest BCUT2D eigenvalue weighted by atomic mass is 32.1. The van der Waals surface area contributed by atoms with E-state index >= 15 is 0 Å². The fourth-order valence-corrected chi connectivity index (χ4v) is 4.94. The number of carbonyl (C=O) groups excluding carboxylic acids is 1. The Balaban J connectivity index is 1.68. The summed E-state index contributed by atoms with van der Waals surface area (Å²) in [4.78, 5) is 27.8. The molecule has 3 aromatic rings. The van der Waals surface area contributed by atoms with Crippen molar-refractivity contribution >= 4 is 33.1 Å². The summed E-state index contributed by atoms with van der Waals surface area (Å²) in [5.41, 5.74) is 1.38. The molecule has 1 amide bonds. The van der Waals surface area contributed by atoms with Crippen LogP contribution in [0, 0.1) is 5.92 Å². The number of nitrogens with one attached hydrogen (secondary N) is 1. The van der Waals surface area contributed by atoms with Gasteiger partial charge in [0.1, 0.15) is 11.8 Å². The van der Waals surface area contributed by atoms with Crippen LogP contribution in [-0.4, -0.2) is 28.0 Å². The molecule has 0 aliphatic heterocycles. The first-order valence-electron chi connectivity index (χ1n) is 9.33. The smallest absolute Gasteiger partial charge is 0.279 e. The number of aryl methyl sites for hydroxylation is 1. The second-order valence-corrected chi connectivity index (χ2v) is 8.32. The molecule has 0 saturated carbocycles. The van der Waals surface area contributed by atoms with Crippen LogP contribution >= 0.6 is 11.3 Å². The highest BCUT2D eigenvalue weighted by molar-refractivity contribution is 7.18. The van der Waals surface area contributed by atoms with E-state index in [9.17, 15) is 9.59 Å². The van der Waals surface area contributed by atoms with Gasteiger partial charge in [-0.2, -0.15) is 4.68 Å². The van der Waals surface area contributed by atoms with E-state index in [2.05, 4.69) is 22.6 Å². The van der Waals surface area contributed by atoms with Crippen LogP contribution < -0.4 is 15.6 Å². The summed E-state index contributed by atoms with van der Waals surface area (Å²) in [7, 11) is 1.54. The van der Waals surface area contributed by atoms with E-state index in [1.165, 1.54) is 9.56 Å². The Hall–Kier alpha value is -2.74. The molecule has 8 heteroatoms. The number of aromatic nitrogens is 3. The molecular formula is C20H22N4O3S. The lowest BCUT2D eigenvalue weighted by Crippen LogP contribution is -2.34. The number of methoxy groups -OCH3 is 1. The fourth-order valence-electron chi connectivity index (χ4n) is 3.62. The Labute approximate surface area is 166 Å². The molecule has 28 heavy (non-hydrogen) atoms. The van der Waals surface area contributed by atoms with E-state index in [4.69, 9.17) is 4.74 Å². The van der Waals surface area contributed by atoms with Gasteiger partial charge in [0.2, 0.25) is 5.91 Å². The number of hydrogen-bond donors (Lipinski definition) is 1. The lowest BCUT2D eigenvalue weighted by Gasteiger charge is -2.18. The highest BCUT2D eigenvalue weighted by Crippen LogP contribution is 2.35. The molecular weight excluding hydrogens is 376 g/mol. The van der Waals surface area contributed by atoms with Gasteiger partial charge in [0, 0.05) is 4.88 Å². The molecule has 2 aromatic heterocycles. The number of thiophene rings is 1. The van der Waals surface area contributed by atoms with Crippen LogP contribution in [0.2, 0.25) is 0 Å². The Morgan fingerprint density at radius 1 is 1.39 bits per heavy atom. The monoisotopic (exact) mass is 398 g/mol. The van der Waals surface area contributed by atoms with E-state index in [0.29, 0.717) is 27.6 Å². The van der Waals surface area contributed by atoms with Crippen LogP contribution in [-0.2, 0) is 17.6 Å².